The van der Waals surface area contributed by atoms with Crippen molar-refractivity contribution in [3.8, 4) is 0 Å². The molecule has 3 aliphatic rings. The van der Waals surface area contributed by atoms with E-state index in [4.69, 9.17) is 0 Å². The van der Waals surface area contributed by atoms with Gasteiger partial charge in [0.15, 0.2) is 0 Å². The minimum atomic E-state index is 0.832. The van der Waals surface area contributed by atoms with E-state index in [1.807, 2.05) is 0 Å². The van der Waals surface area contributed by atoms with Gasteiger partial charge in [-0.2, -0.15) is 0 Å². The standard InChI is InChI=1S/C18H32N2/c1-19(2)18-15-11-7-3-4-8-12-16(15)20-14-10-6-5-9-13-17(18)20/h15-16H,3-14H2,1-2H3. The lowest BCUT2D eigenvalue weighted by Crippen LogP contribution is -2.36. The van der Waals surface area contributed by atoms with Gasteiger partial charge < -0.3 is 9.80 Å². The van der Waals surface area contributed by atoms with E-state index >= 15 is 0 Å². The Morgan fingerprint density at radius 3 is 2.35 bits per heavy atom. The molecule has 2 aliphatic heterocycles. The van der Waals surface area contributed by atoms with Gasteiger partial charge in [-0.15, -0.1) is 0 Å². The zero-order valence-electron chi connectivity index (χ0n) is 13.5. The summed E-state index contributed by atoms with van der Waals surface area (Å²) < 4.78 is 0. The van der Waals surface area contributed by atoms with Gasteiger partial charge in [-0.1, -0.05) is 38.5 Å². The summed E-state index contributed by atoms with van der Waals surface area (Å²) in [6.45, 7) is 1.33. The Bertz CT molecular complexity index is 358. The zero-order valence-corrected chi connectivity index (χ0v) is 13.5. The number of rotatable bonds is 1. The summed E-state index contributed by atoms with van der Waals surface area (Å²) in [6, 6.07) is 0.834. The van der Waals surface area contributed by atoms with E-state index in [1.165, 1.54) is 77.2 Å². The Labute approximate surface area is 125 Å². The molecular weight excluding hydrogens is 244 g/mol. The zero-order chi connectivity index (χ0) is 13.9. The number of allylic oxidation sites excluding steroid dienone is 1. The van der Waals surface area contributed by atoms with E-state index in [0.717, 1.165) is 12.0 Å². The van der Waals surface area contributed by atoms with E-state index in [9.17, 15) is 0 Å². The molecule has 0 amide bonds. The van der Waals surface area contributed by atoms with Crippen LogP contribution in [-0.2, 0) is 0 Å². The fraction of sp³-hybridized carbons (Fsp3) is 0.889. The maximum absolute atomic E-state index is 2.85. The van der Waals surface area contributed by atoms with Gasteiger partial charge in [-0.3, -0.25) is 0 Å². The third kappa shape index (κ3) is 2.71. The van der Waals surface area contributed by atoms with Gasteiger partial charge in [0.05, 0.1) is 0 Å². The average molecular weight is 276 g/mol. The number of hydrogen-bond acceptors (Lipinski definition) is 2. The third-order valence-corrected chi connectivity index (χ3v) is 5.67. The molecule has 20 heavy (non-hydrogen) atoms. The van der Waals surface area contributed by atoms with Crippen molar-refractivity contribution >= 4 is 0 Å². The first-order chi connectivity index (χ1) is 9.79. The lowest BCUT2D eigenvalue weighted by Gasteiger charge is -2.34. The molecule has 114 valence electrons. The molecule has 0 aromatic rings. The Balaban J connectivity index is 1.90. The Hall–Kier alpha value is -0.660. The van der Waals surface area contributed by atoms with Crippen LogP contribution in [-0.4, -0.2) is 36.5 Å². The minimum Gasteiger partial charge on any atom is -0.379 e. The van der Waals surface area contributed by atoms with Crippen molar-refractivity contribution in [2.24, 2.45) is 5.92 Å². The summed E-state index contributed by atoms with van der Waals surface area (Å²) in [4.78, 5) is 5.31. The van der Waals surface area contributed by atoms with Crippen LogP contribution in [0.4, 0.5) is 0 Å². The maximum atomic E-state index is 2.85. The predicted octanol–water partition coefficient (Wildman–Crippen LogP) is 4.38. The Kier molecular flexibility index (Phi) is 4.58. The highest BCUT2D eigenvalue weighted by atomic mass is 15.2. The van der Waals surface area contributed by atoms with Crippen molar-refractivity contribution in [3.63, 3.8) is 0 Å². The summed E-state index contributed by atoms with van der Waals surface area (Å²) in [7, 11) is 4.56. The maximum Gasteiger partial charge on any atom is 0.0374 e. The van der Waals surface area contributed by atoms with Crippen molar-refractivity contribution < 1.29 is 0 Å². The van der Waals surface area contributed by atoms with Gasteiger partial charge >= 0.3 is 0 Å². The Morgan fingerprint density at radius 2 is 1.55 bits per heavy atom. The van der Waals surface area contributed by atoms with Crippen LogP contribution in [0.25, 0.3) is 0 Å². The van der Waals surface area contributed by atoms with Crippen LogP contribution in [0.2, 0.25) is 0 Å². The molecule has 1 saturated heterocycles. The highest BCUT2D eigenvalue weighted by Gasteiger charge is 2.40. The normalized spacial score (nSPS) is 31.8. The van der Waals surface area contributed by atoms with E-state index < -0.39 is 0 Å². The van der Waals surface area contributed by atoms with Crippen LogP contribution in [0.3, 0.4) is 0 Å². The number of nitrogens with zero attached hydrogens (tertiary/aromatic N) is 2. The molecule has 1 saturated carbocycles. The van der Waals surface area contributed by atoms with Gasteiger partial charge in [-0.05, 0) is 32.1 Å². The second-order valence-electron chi connectivity index (χ2n) is 7.25. The Morgan fingerprint density at radius 1 is 0.850 bits per heavy atom. The molecule has 0 N–H and O–H groups in total. The largest absolute Gasteiger partial charge is 0.379 e. The lowest BCUT2D eigenvalue weighted by atomic mass is 9.86. The van der Waals surface area contributed by atoms with Crippen LogP contribution < -0.4 is 0 Å². The fourth-order valence-corrected chi connectivity index (χ4v) is 4.81. The van der Waals surface area contributed by atoms with Crippen LogP contribution in [0.1, 0.15) is 70.6 Å². The van der Waals surface area contributed by atoms with Gasteiger partial charge in [0, 0.05) is 44.0 Å². The molecule has 2 heteroatoms. The van der Waals surface area contributed by atoms with Crippen LogP contribution in [0, 0.1) is 5.92 Å². The fourth-order valence-electron chi connectivity index (χ4n) is 4.81. The summed E-state index contributed by atoms with van der Waals surface area (Å²) in [5, 5.41) is 0. The van der Waals surface area contributed by atoms with Gasteiger partial charge in [0.1, 0.15) is 0 Å². The average Bonchev–Trinajstić information content (AvgIpc) is 2.61. The SMILES string of the molecule is CN(C)C1=C2CCCCCCN2C2CCCCCCC12. The summed E-state index contributed by atoms with van der Waals surface area (Å²) in [5.41, 5.74) is 3.44. The van der Waals surface area contributed by atoms with Gasteiger partial charge in [0.2, 0.25) is 0 Å². The molecule has 0 aromatic heterocycles. The molecule has 2 fully saturated rings. The number of fused-ring (bicyclic) bond motifs is 3. The highest BCUT2D eigenvalue weighted by molar-refractivity contribution is 5.25. The quantitative estimate of drug-likeness (QED) is 0.701. The molecule has 0 radical (unpaired) electrons. The highest BCUT2D eigenvalue weighted by Crippen LogP contribution is 2.44. The van der Waals surface area contributed by atoms with Crippen LogP contribution in [0.15, 0.2) is 11.4 Å². The van der Waals surface area contributed by atoms with E-state index in [0.29, 0.717) is 0 Å². The second-order valence-corrected chi connectivity index (χ2v) is 7.25. The molecule has 1 aliphatic carbocycles. The number of hydrogen-bond donors (Lipinski definition) is 0. The molecule has 3 rings (SSSR count). The molecule has 2 heterocycles. The van der Waals surface area contributed by atoms with E-state index in [-0.39, 0.29) is 0 Å². The molecule has 0 bridgehead atoms. The molecule has 2 atom stereocenters. The molecule has 2 unspecified atom stereocenters. The van der Waals surface area contributed by atoms with Crippen LogP contribution >= 0.6 is 0 Å². The van der Waals surface area contributed by atoms with Crippen molar-refractivity contribution in [2.45, 2.75) is 76.7 Å². The first-order valence-electron chi connectivity index (χ1n) is 8.96. The molecule has 0 aromatic carbocycles. The first kappa shape index (κ1) is 14.3. The van der Waals surface area contributed by atoms with Crippen molar-refractivity contribution in [3.05, 3.63) is 11.4 Å². The van der Waals surface area contributed by atoms with E-state index in [2.05, 4.69) is 23.9 Å². The van der Waals surface area contributed by atoms with Crippen molar-refractivity contribution in [1.82, 2.24) is 9.80 Å². The van der Waals surface area contributed by atoms with Gasteiger partial charge in [-0.25, -0.2) is 0 Å². The monoisotopic (exact) mass is 276 g/mol. The summed E-state index contributed by atoms with van der Waals surface area (Å²) in [5.74, 6) is 0.832. The molecule has 2 nitrogen and oxygen atoms in total. The summed E-state index contributed by atoms with van der Waals surface area (Å²) >= 11 is 0. The predicted molar refractivity (Wildman–Crippen MR) is 85.5 cm³/mol. The second kappa shape index (κ2) is 6.41. The smallest absolute Gasteiger partial charge is 0.0374 e. The third-order valence-electron chi connectivity index (χ3n) is 5.67. The van der Waals surface area contributed by atoms with Crippen LogP contribution in [0.5, 0.6) is 0 Å². The lowest BCUT2D eigenvalue weighted by molar-refractivity contribution is 0.186. The molecule has 0 spiro atoms. The van der Waals surface area contributed by atoms with Gasteiger partial charge in [0.25, 0.3) is 0 Å². The molecular formula is C18H32N2. The summed E-state index contributed by atoms with van der Waals surface area (Å²) in [6.07, 6.45) is 15.7. The first-order valence-corrected chi connectivity index (χ1v) is 8.96. The topological polar surface area (TPSA) is 6.48 Å². The van der Waals surface area contributed by atoms with Crippen molar-refractivity contribution in [1.29, 1.82) is 0 Å². The minimum absolute atomic E-state index is 0.832. The van der Waals surface area contributed by atoms with Crippen molar-refractivity contribution in [2.75, 3.05) is 20.6 Å². The van der Waals surface area contributed by atoms with E-state index in [1.54, 1.807) is 11.4 Å².